The highest BCUT2D eigenvalue weighted by atomic mass is 16.5. The van der Waals surface area contributed by atoms with Crippen LogP contribution in [0, 0.1) is 5.41 Å². The smallest absolute Gasteiger partial charge is 0.315 e. The molecule has 0 heterocycles. The molecule has 1 N–H and O–H groups in total. The van der Waals surface area contributed by atoms with E-state index >= 15 is 0 Å². The number of hydrogen-bond acceptors (Lipinski definition) is 3. The highest BCUT2D eigenvalue weighted by Crippen LogP contribution is 2.42. The van der Waals surface area contributed by atoms with Gasteiger partial charge in [-0.15, -0.1) is 13.2 Å². The van der Waals surface area contributed by atoms with E-state index in [9.17, 15) is 9.90 Å². The van der Waals surface area contributed by atoms with Crippen molar-refractivity contribution in [3.05, 3.63) is 61.2 Å². The van der Waals surface area contributed by atoms with Crippen molar-refractivity contribution in [1.82, 2.24) is 0 Å². The van der Waals surface area contributed by atoms with Gasteiger partial charge in [0, 0.05) is 5.92 Å². The maximum Gasteiger partial charge on any atom is 0.315 e. The number of aliphatic hydroxyl groups is 1. The Morgan fingerprint density at radius 1 is 1.40 bits per heavy atom. The summed E-state index contributed by atoms with van der Waals surface area (Å²) in [6, 6.07) is 9.51. The van der Waals surface area contributed by atoms with Crippen molar-refractivity contribution in [3.8, 4) is 0 Å². The third kappa shape index (κ3) is 2.99. The second-order valence-corrected chi connectivity index (χ2v) is 4.94. The number of esters is 1. The van der Waals surface area contributed by atoms with Crippen LogP contribution in [0.25, 0.3) is 0 Å². The number of benzene rings is 1. The van der Waals surface area contributed by atoms with Crippen LogP contribution in [0.15, 0.2) is 55.6 Å². The molecular weight excluding hydrogens is 252 g/mol. The number of allylic oxidation sites excluding steroid dienone is 1. The molecule has 0 radical (unpaired) electrons. The van der Waals surface area contributed by atoms with Crippen LogP contribution in [0.4, 0.5) is 0 Å². The first-order chi connectivity index (χ1) is 9.52. The Labute approximate surface area is 120 Å². The van der Waals surface area contributed by atoms with Gasteiger partial charge in [0.05, 0.1) is 13.2 Å². The van der Waals surface area contributed by atoms with E-state index in [2.05, 4.69) is 13.2 Å². The van der Waals surface area contributed by atoms with Crippen LogP contribution in [0.2, 0.25) is 0 Å². The Morgan fingerprint density at radius 2 is 2.00 bits per heavy atom. The Morgan fingerprint density at radius 3 is 2.45 bits per heavy atom. The second-order valence-electron chi connectivity index (χ2n) is 4.94. The SMILES string of the molecule is C=CC[C@H](O)[C@@](C)(C(=O)OC)[C@H](C=C)c1ccccc1. The standard InChI is InChI=1S/C17H22O3/c1-5-10-15(18)17(3,16(19)20-4)14(6-2)13-11-8-7-9-12-13/h5-9,11-12,14-15,18H,1-2,10H2,3-4H3/t14-,15+,17+/m1/s1. The maximum absolute atomic E-state index is 12.3. The van der Waals surface area contributed by atoms with E-state index in [1.165, 1.54) is 7.11 Å². The lowest BCUT2D eigenvalue weighted by molar-refractivity contribution is -0.160. The number of hydrogen-bond donors (Lipinski definition) is 1. The van der Waals surface area contributed by atoms with E-state index in [1.807, 2.05) is 30.3 Å². The quantitative estimate of drug-likeness (QED) is 0.614. The first-order valence-electron chi connectivity index (χ1n) is 6.57. The molecular formula is C17H22O3. The third-order valence-corrected chi connectivity index (χ3v) is 3.75. The molecule has 3 atom stereocenters. The summed E-state index contributed by atoms with van der Waals surface area (Å²) in [6.07, 6.45) is 2.69. The van der Waals surface area contributed by atoms with E-state index in [1.54, 1.807) is 19.1 Å². The minimum atomic E-state index is -1.11. The molecule has 1 aromatic rings. The molecule has 0 bridgehead atoms. The van der Waals surface area contributed by atoms with Gasteiger partial charge in [-0.25, -0.2) is 0 Å². The molecule has 0 fully saturated rings. The van der Waals surface area contributed by atoms with Gasteiger partial charge in [-0.1, -0.05) is 42.5 Å². The van der Waals surface area contributed by atoms with E-state index in [4.69, 9.17) is 4.74 Å². The molecule has 3 heteroatoms. The lowest BCUT2D eigenvalue weighted by Gasteiger charge is -2.37. The average molecular weight is 274 g/mol. The lowest BCUT2D eigenvalue weighted by atomic mass is 9.69. The average Bonchev–Trinajstić information content (AvgIpc) is 2.48. The summed E-state index contributed by atoms with van der Waals surface area (Å²) in [4.78, 5) is 12.3. The van der Waals surface area contributed by atoms with Crippen LogP contribution < -0.4 is 0 Å². The Balaban J connectivity index is 3.30. The molecule has 0 aliphatic heterocycles. The molecule has 0 aliphatic rings. The highest BCUT2D eigenvalue weighted by Gasteiger charge is 2.47. The molecule has 0 aliphatic carbocycles. The van der Waals surface area contributed by atoms with Gasteiger partial charge < -0.3 is 9.84 Å². The number of carbonyl (C=O) groups is 1. The van der Waals surface area contributed by atoms with Gasteiger partial charge in [-0.3, -0.25) is 4.79 Å². The number of rotatable bonds is 7. The normalized spacial score (nSPS) is 16.6. The summed E-state index contributed by atoms with van der Waals surface area (Å²) in [6.45, 7) is 9.14. The van der Waals surface area contributed by atoms with Gasteiger partial charge in [-0.05, 0) is 18.9 Å². The van der Waals surface area contributed by atoms with E-state index in [-0.39, 0.29) is 5.92 Å². The fraction of sp³-hybridized carbons (Fsp3) is 0.353. The van der Waals surface area contributed by atoms with Gasteiger partial charge in [0.25, 0.3) is 0 Å². The van der Waals surface area contributed by atoms with Crippen molar-refractivity contribution in [2.45, 2.75) is 25.4 Å². The van der Waals surface area contributed by atoms with Crippen LogP contribution in [-0.4, -0.2) is 24.3 Å². The number of methoxy groups -OCH3 is 1. The van der Waals surface area contributed by atoms with Crippen LogP contribution >= 0.6 is 0 Å². The molecule has 108 valence electrons. The van der Waals surface area contributed by atoms with Crippen molar-refractivity contribution in [1.29, 1.82) is 0 Å². The monoisotopic (exact) mass is 274 g/mol. The van der Waals surface area contributed by atoms with Gasteiger partial charge in [0.1, 0.15) is 5.41 Å². The lowest BCUT2D eigenvalue weighted by Crippen LogP contribution is -2.45. The third-order valence-electron chi connectivity index (χ3n) is 3.75. The largest absolute Gasteiger partial charge is 0.468 e. The molecule has 1 aromatic carbocycles. The number of ether oxygens (including phenoxy) is 1. The van der Waals surface area contributed by atoms with Crippen molar-refractivity contribution in [2.24, 2.45) is 5.41 Å². The van der Waals surface area contributed by atoms with Gasteiger partial charge >= 0.3 is 5.97 Å². The highest BCUT2D eigenvalue weighted by molar-refractivity contribution is 5.79. The molecule has 0 amide bonds. The van der Waals surface area contributed by atoms with Crippen LogP contribution in [0.3, 0.4) is 0 Å². The number of aliphatic hydroxyl groups excluding tert-OH is 1. The summed E-state index contributed by atoms with van der Waals surface area (Å²) < 4.78 is 4.91. The second kappa shape index (κ2) is 7.06. The first-order valence-corrected chi connectivity index (χ1v) is 6.57. The van der Waals surface area contributed by atoms with Crippen LogP contribution in [0.1, 0.15) is 24.8 Å². The fourth-order valence-corrected chi connectivity index (χ4v) is 2.48. The Kier molecular flexibility index (Phi) is 5.71. The van der Waals surface area contributed by atoms with Crippen LogP contribution in [-0.2, 0) is 9.53 Å². The zero-order chi connectivity index (χ0) is 15.2. The minimum absolute atomic E-state index is 0.308. The predicted molar refractivity (Wildman–Crippen MR) is 80.3 cm³/mol. The molecule has 0 unspecified atom stereocenters. The molecule has 1 rings (SSSR count). The number of carbonyl (C=O) groups excluding carboxylic acids is 1. The van der Waals surface area contributed by atoms with E-state index in [0.29, 0.717) is 6.42 Å². The van der Waals surface area contributed by atoms with Crippen LogP contribution in [0.5, 0.6) is 0 Å². The van der Waals surface area contributed by atoms with Gasteiger partial charge in [0.15, 0.2) is 0 Å². The summed E-state index contributed by atoms with van der Waals surface area (Å²) in [5, 5.41) is 10.4. The summed E-state index contributed by atoms with van der Waals surface area (Å²) in [5.74, 6) is -0.799. The maximum atomic E-state index is 12.3. The minimum Gasteiger partial charge on any atom is -0.468 e. The Hall–Kier alpha value is -1.87. The summed E-state index contributed by atoms with van der Waals surface area (Å²) in [5.41, 5.74) is -0.190. The topological polar surface area (TPSA) is 46.5 Å². The Bertz CT molecular complexity index is 466. The molecule has 0 aromatic heterocycles. The molecule has 0 saturated heterocycles. The zero-order valence-electron chi connectivity index (χ0n) is 12.1. The zero-order valence-corrected chi connectivity index (χ0v) is 12.1. The van der Waals surface area contributed by atoms with Crippen molar-refractivity contribution < 1.29 is 14.6 Å². The first kappa shape index (κ1) is 16.2. The van der Waals surface area contributed by atoms with E-state index in [0.717, 1.165) is 5.56 Å². The predicted octanol–water partition coefficient (Wildman–Crippen LogP) is 3.07. The van der Waals surface area contributed by atoms with Gasteiger partial charge in [0.2, 0.25) is 0 Å². The summed E-state index contributed by atoms with van der Waals surface area (Å²) >= 11 is 0. The van der Waals surface area contributed by atoms with Crippen molar-refractivity contribution in [3.63, 3.8) is 0 Å². The van der Waals surface area contributed by atoms with Crippen molar-refractivity contribution >= 4 is 5.97 Å². The van der Waals surface area contributed by atoms with E-state index < -0.39 is 17.5 Å². The fourth-order valence-electron chi connectivity index (χ4n) is 2.48. The van der Waals surface area contributed by atoms with Crippen molar-refractivity contribution in [2.75, 3.05) is 7.11 Å². The summed E-state index contributed by atoms with van der Waals surface area (Å²) in [7, 11) is 1.33. The molecule has 20 heavy (non-hydrogen) atoms. The molecule has 0 saturated carbocycles. The molecule has 3 nitrogen and oxygen atoms in total. The van der Waals surface area contributed by atoms with Gasteiger partial charge in [-0.2, -0.15) is 0 Å². The molecule has 0 spiro atoms.